The van der Waals surface area contributed by atoms with Crippen molar-refractivity contribution in [3.8, 4) is 11.1 Å². The minimum atomic E-state index is -0.331. The highest BCUT2D eigenvalue weighted by molar-refractivity contribution is 6.11. The first kappa shape index (κ1) is 24.4. The maximum atomic E-state index is 13.1. The van der Waals surface area contributed by atoms with E-state index in [9.17, 15) is 9.59 Å². The summed E-state index contributed by atoms with van der Waals surface area (Å²) in [6, 6.07) is 11.3. The summed E-state index contributed by atoms with van der Waals surface area (Å²) < 4.78 is 0. The van der Waals surface area contributed by atoms with E-state index in [0.29, 0.717) is 16.8 Å². The number of benzene rings is 1. The van der Waals surface area contributed by atoms with Crippen molar-refractivity contribution in [2.24, 2.45) is 5.92 Å². The number of hydrogen-bond donors (Lipinski definition) is 3. The second-order valence-corrected chi connectivity index (χ2v) is 9.64. The lowest BCUT2D eigenvalue weighted by Crippen LogP contribution is -2.28. The number of aromatic nitrogens is 4. The zero-order valence-electron chi connectivity index (χ0n) is 21.2. The van der Waals surface area contributed by atoms with E-state index in [1.54, 1.807) is 18.6 Å². The number of nitrogens with one attached hydrogen (secondary N) is 3. The third-order valence-electron chi connectivity index (χ3n) is 6.34. The van der Waals surface area contributed by atoms with Gasteiger partial charge < -0.3 is 20.4 Å². The van der Waals surface area contributed by atoms with Crippen LogP contribution in [0, 0.1) is 5.92 Å². The zero-order chi connectivity index (χ0) is 25.9. The minimum Gasteiger partial charge on any atom is -0.358 e. The van der Waals surface area contributed by atoms with Crippen LogP contribution in [0.25, 0.3) is 22.0 Å². The van der Waals surface area contributed by atoms with E-state index in [1.165, 1.54) is 0 Å². The molecule has 0 radical (unpaired) electrons. The summed E-state index contributed by atoms with van der Waals surface area (Å²) in [4.78, 5) is 38.2. The molecular formula is C27H30N8O2. The van der Waals surface area contributed by atoms with Gasteiger partial charge in [-0.1, -0.05) is 6.07 Å². The first-order chi connectivity index (χ1) is 17.9. The molecule has 37 heavy (non-hydrogen) atoms. The van der Waals surface area contributed by atoms with Crippen molar-refractivity contribution in [3.05, 3.63) is 60.7 Å². The predicted octanol–water partition coefficient (Wildman–Crippen LogP) is 3.62. The topological polar surface area (TPSA) is 119 Å². The first-order valence-electron chi connectivity index (χ1n) is 12.2. The number of hydrogen-bond acceptors (Lipinski definition) is 7. The van der Waals surface area contributed by atoms with Crippen molar-refractivity contribution in [1.82, 2.24) is 25.1 Å². The second kappa shape index (κ2) is 10.4. The number of pyridine rings is 2. The Labute approximate surface area is 215 Å². The molecule has 3 aromatic heterocycles. The molecule has 1 aromatic carbocycles. The molecule has 0 saturated heterocycles. The van der Waals surface area contributed by atoms with Crippen LogP contribution in [-0.2, 0) is 4.79 Å². The number of H-pyrrole nitrogens is 1. The Kier molecular flexibility index (Phi) is 6.82. The third kappa shape index (κ3) is 5.75. The van der Waals surface area contributed by atoms with E-state index in [1.807, 2.05) is 57.5 Å². The van der Waals surface area contributed by atoms with Gasteiger partial charge in [-0.15, -0.1) is 0 Å². The van der Waals surface area contributed by atoms with Gasteiger partial charge in [-0.25, -0.2) is 4.98 Å². The van der Waals surface area contributed by atoms with Crippen LogP contribution in [0.4, 0.5) is 17.2 Å². The van der Waals surface area contributed by atoms with Crippen LogP contribution in [0.2, 0.25) is 0 Å². The standard InChI is InChI=1S/C27H30N8O2/c1-34(2)10-11-35(3)24-9-7-20(16-29-24)30-27(37)25-22-13-18(6-8-23(22)32-33-25)19-12-21(15-28-14-19)31-26(36)17-4-5-17/h6-9,12-17H,4-5,10-11H2,1-3H3,(H,30,37)(H,31,36)(H,32,33). The highest BCUT2D eigenvalue weighted by Gasteiger charge is 2.29. The number of nitrogens with zero attached hydrogens (tertiary/aromatic N) is 5. The Bertz CT molecular complexity index is 1430. The normalized spacial score (nSPS) is 13.1. The Morgan fingerprint density at radius 2 is 1.78 bits per heavy atom. The van der Waals surface area contributed by atoms with Crippen LogP contribution in [0.3, 0.4) is 0 Å². The summed E-state index contributed by atoms with van der Waals surface area (Å²) in [5.41, 5.74) is 3.98. The van der Waals surface area contributed by atoms with Gasteiger partial charge >= 0.3 is 0 Å². The lowest BCUT2D eigenvalue weighted by Gasteiger charge is -2.20. The molecule has 3 N–H and O–H groups in total. The van der Waals surface area contributed by atoms with Gasteiger partial charge in [0.15, 0.2) is 5.69 Å². The molecule has 0 spiro atoms. The number of rotatable bonds is 9. The summed E-state index contributed by atoms with van der Waals surface area (Å²) in [6.07, 6.45) is 6.89. The van der Waals surface area contributed by atoms with Crippen LogP contribution in [-0.4, -0.2) is 71.1 Å². The number of carbonyl (C=O) groups excluding carboxylic acids is 2. The van der Waals surface area contributed by atoms with Crippen molar-refractivity contribution >= 4 is 39.9 Å². The number of amides is 2. The fourth-order valence-corrected chi connectivity index (χ4v) is 3.96. The lowest BCUT2D eigenvalue weighted by molar-refractivity contribution is -0.117. The molecule has 1 fully saturated rings. The molecule has 1 aliphatic rings. The fraction of sp³-hybridized carbons (Fsp3) is 0.296. The molecule has 3 heterocycles. The highest BCUT2D eigenvalue weighted by atomic mass is 16.2. The predicted molar refractivity (Wildman–Crippen MR) is 145 cm³/mol. The molecule has 0 bridgehead atoms. The van der Waals surface area contributed by atoms with Gasteiger partial charge in [0, 0.05) is 43.2 Å². The summed E-state index contributed by atoms with van der Waals surface area (Å²) in [5, 5.41) is 13.7. The number of fused-ring (bicyclic) bond motifs is 1. The summed E-state index contributed by atoms with van der Waals surface area (Å²) in [5.74, 6) is 0.648. The van der Waals surface area contributed by atoms with E-state index < -0.39 is 0 Å². The summed E-state index contributed by atoms with van der Waals surface area (Å²) in [7, 11) is 6.06. The quantitative estimate of drug-likeness (QED) is 0.322. The molecule has 2 amide bonds. The Morgan fingerprint density at radius 3 is 2.51 bits per heavy atom. The van der Waals surface area contributed by atoms with E-state index >= 15 is 0 Å². The Hall–Kier alpha value is -4.31. The highest BCUT2D eigenvalue weighted by Crippen LogP contribution is 2.31. The molecule has 1 aliphatic carbocycles. The van der Waals surface area contributed by atoms with Gasteiger partial charge in [-0.05, 0) is 62.8 Å². The number of anilines is 3. The summed E-state index contributed by atoms with van der Waals surface area (Å²) >= 11 is 0. The van der Waals surface area contributed by atoms with Crippen molar-refractivity contribution < 1.29 is 9.59 Å². The van der Waals surface area contributed by atoms with E-state index in [4.69, 9.17) is 0 Å². The van der Waals surface area contributed by atoms with E-state index in [2.05, 4.69) is 40.6 Å². The van der Waals surface area contributed by atoms with Gasteiger partial charge in [0.25, 0.3) is 5.91 Å². The first-order valence-corrected chi connectivity index (χ1v) is 12.2. The van der Waals surface area contributed by atoms with Crippen molar-refractivity contribution in [3.63, 3.8) is 0 Å². The molecule has 10 nitrogen and oxygen atoms in total. The maximum Gasteiger partial charge on any atom is 0.276 e. The zero-order valence-corrected chi connectivity index (χ0v) is 21.2. The fourth-order valence-electron chi connectivity index (χ4n) is 3.96. The Balaban J connectivity index is 1.31. The molecule has 0 unspecified atom stereocenters. The van der Waals surface area contributed by atoms with Gasteiger partial charge in [0.05, 0.1) is 29.3 Å². The molecule has 1 saturated carbocycles. The van der Waals surface area contributed by atoms with Crippen LogP contribution >= 0.6 is 0 Å². The van der Waals surface area contributed by atoms with Gasteiger partial charge in [0.2, 0.25) is 5.91 Å². The van der Waals surface area contributed by atoms with Gasteiger partial charge in [-0.2, -0.15) is 5.10 Å². The lowest BCUT2D eigenvalue weighted by atomic mass is 10.0. The number of carbonyl (C=O) groups is 2. The average molecular weight is 499 g/mol. The largest absolute Gasteiger partial charge is 0.358 e. The van der Waals surface area contributed by atoms with E-state index in [0.717, 1.165) is 48.4 Å². The van der Waals surface area contributed by atoms with Crippen molar-refractivity contribution in [2.45, 2.75) is 12.8 Å². The molecule has 190 valence electrons. The molecule has 5 rings (SSSR count). The molecule has 4 aromatic rings. The van der Waals surface area contributed by atoms with Crippen LogP contribution in [0.1, 0.15) is 23.3 Å². The SMILES string of the molecule is CN(C)CCN(C)c1ccc(NC(=O)c2n[nH]c3ccc(-c4cncc(NC(=O)C5CC5)c4)cc23)cn1. The van der Waals surface area contributed by atoms with Crippen LogP contribution in [0.5, 0.6) is 0 Å². The van der Waals surface area contributed by atoms with Crippen molar-refractivity contribution in [2.75, 3.05) is 49.8 Å². The van der Waals surface area contributed by atoms with Crippen LogP contribution < -0.4 is 15.5 Å². The van der Waals surface area contributed by atoms with Crippen LogP contribution in [0.15, 0.2) is 55.0 Å². The van der Waals surface area contributed by atoms with E-state index in [-0.39, 0.29) is 23.4 Å². The number of aromatic amines is 1. The summed E-state index contributed by atoms with van der Waals surface area (Å²) in [6.45, 7) is 1.76. The van der Waals surface area contributed by atoms with Gasteiger partial charge in [0.1, 0.15) is 5.82 Å². The second-order valence-electron chi connectivity index (χ2n) is 9.64. The number of likely N-dealkylation sites (N-methyl/N-ethyl adjacent to an activating group) is 2. The Morgan fingerprint density at radius 1 is 0.946 bits per heavy atom. The molecule has 0 aliphatic heterocycles. The van der Waals surface area contributed by atoms with Crippen molar-refractivity contribution in [1.29, 1.82) is 0 Å². The molecular weight excluding hydrogens is 468 g/mol. The maximum absolute atomic E-state index is 13.1. The monoisotopic (exact) mass is 498 g/mol. The van der Waals surface area contributed by atoms with Gasteiger partial charge in [-0.3, -0.25) is 19.7 Å². The molecule has 10 heteroatoms. The molecule has 0 atom stereocenters. The smallest absolute Gasteiger partial charge is 0.276 e. The third-order valence-corrected chi connectivity index (χ3v) is 6.34. The minimum absolute atomic E-state index is 0.0333. The average Bonchev–Trinajstić information content (AvgIpc) is 3.67.